The molecule has 0 bridgehead atoms. The second-order valence-electron chi connectivity index (χ2n) is 4.29. The van der Waals surface area contributed by atoms with E-state index in [1.807, 2.05) is 17.2 Å². The number of nitrogens with zero attached hydrogens (tertiary/aromatic N) is 2. The van der Waals surface area contributed by atoms with Gasteiger partial charge in [-0.05, 0) is 19.3 Å². The van der Waals surface area contributed by atoms with Gasteiger partial charge in [0.2, 0.25) is 5.91 Å². The van der Waals surface area contributed by atoms with Gasteiger partial charge in [0.1, 0.15) is 0 Å². The zero-order valence-corrected chi connectivity index (χ0v) is 14.0. The van der Waals surface area contributed by atoms with Crippen molar-refractivity contribution < 1.29 is 35.8 Å². The minimum atomic E-state index is -0.766. The zero-order valence-electron chi connectivity index (χ0n) is 11.1. The molecule has 1 aliphatic rings. The molecule has 1 rings (SSSR count). The van der Waals surface area contributed by atoms with Crippen LogP contribution < -0.4 is 0 Å². The molecule has 1 heterocycles. The number of hydrazine groups is 1. The van der Waals surface area contributed by atoms with E-state index >= 15 is 0 Å². The predicted octanol–water partition coefficient (Wildman–Crippen LogP) is 1.47. The van der Waals surface area contributed by atoms with Gasteiger partial charge in [0.15, 0.2) is 0 Å². The van der Waals surface area contributed by atoms with Crippen molar-refractivity contribution in [1.29, 1.82) is 0 Å². The number of carbonyl (C=O) groups is 2. The Morgan fingerprint density at radius 3 is 2.79 bits per heavy atom. The average Bonchev–Trinajstić information content (AvgIpc) is 2.34. The van der Waals surface area contributed by atoms with E-state index in [1.165, 1.54) is 0 Å². The minimum absolute atomic E-state index is 0. The molecule has 0 radical (unpaired) electrons. The largest absolute Gasteiger partial charge is 0.481 e. The van der Waals surface area contributed by atoms with Crippen LogP contribution in [0.5, 0.6) is 0 Å². The fourth-order valence-electron chi connectivity index (χ4n) is 1.93. The fourth-order valence-corrected chi connectivity index (χ4v) is 1.93. The number of allylic oxidation sites excluding steroid dienone is 1. The number of hydrogen-bond donors (Lipinski definition) is 1. The standard InChI is InChI=1S/C13H21N2O3.W/c1-2-14-10-7-8-12(16)15(14)11-6-4-3-5-9-13(17)18;/h4,6H,1-3,5,7-11H2,(H,17,18);/q-1;/b6-4-;. The molecule has 1 N–H and O–H groups in total. The van der Waals surface area contributed by atoms with E-state index in [0.29, 0.717) is 25.9 Å². The van der Waals surface area contributed by atoms with E-state index in [9.17, 15) is 9.59 Å². The molecule has 0 atom stereocenters. The summed E-state index contributed by atoms with van der Waals surface area (Å²) in [6.07, 6.45) is 6.92. The van der Waals surface area contributed by atoms with Crippen LogP contribution in [0.4, 0.5) is 0 Å². The van der Waals surface area contributed by atoms with Crippen molar-refractivity contribution in [2.45, 2.75) is 32.1 Å². The van der Waals surface area contributed by atoms with Crippen molar-refractivity contribution in [2.75, 3.05) is 19.6 Å². The third-order valence-corrected chi connectivity index (χ3v) is 2.90. The van der Waals surface area contributed by atoms with Gasteiger partial charge in [0, 0.05) is 40.5 Å². The molecule has 6 heteroatoms. The Kier molecular flexibility index (Phi) is 9.80. The number of amides is 1. The summed E-state index contributed by atoms with van der Waals surface area (Å²) >= 11 is 0. The number of aliphatic carboxylic acids is 1. The Morgan fingerprint density at radius 2 is 2.16 bits per heavy atom. The van der Waals surface area contributed by atoms with Gasteiger partial charge in [-0.2, -0.15) is 0 Å². The van der Waals surface area contributed by atoms with Gasteiger partial charge in [0.25, 0.3) is 0 Å². The maximum Gasteiger partial charge on any atom is 0.303 e. The summed E-state index contributed by atoms with van der Waals surface area (Å²) < 4.78 is 0. The van der Waals surface area contributed by atoms with E-state index in [4.69, 9.17) is 5.11 Å². The Balaban J connectivity index is 0.00000324. The SMILES string of the molecule is [CH2-]CN1CCCC(=O)N1C/C=C\CCCC(=O)O.[W]. The van der Waals surface area contributed by atoms with Crippen LogP contribution in [-0.2, 0) is 30.7 Å². The quantitative estimate of drug-likeness (QED) is 0.373. The molecule has 5 nitrogen and oxygen atoms in total. The molecule has 0 saturated carbocycles. The van der Waals surface area contributed by atoms with Crippen LogP contribution in [-0.4, -0.2) is 46.6 Å². The van der Waals surface area contributed by atoms with Crippen molar-refractivity contribution in [3.63, 3.8) is 0 Å². The van der Waals surface area contributed by atoms with Gasteiger partial charge in [0.05, 0.1) is 6.54 Å². The first-order valence-electron chi connectivity index (χ1n) is 6.36. The molecule has 1 fully saturated rings. The number of carboxylic acids is 1. The van der Waals surface area contributed by atoms with Gasteiger partial charge in [-0.15, -0.1) is 6.54 Å². The summed E-state index contributed by atoms with van der Waals surface area (Å²) in [6.45, 7) is 5.84. The number of carboxylic acid groups (broad SMARTS) is 1. The zero-order chi connectivity index (χ0) is 13.4. The molecule has 0 aromatic carbocycles. The molecule has 0 aliphatic carbocycles. The van der Waals surface area contributed by atoms with Crippen LogP contribution in [0.1, 0.15) is 32.1 Å². The summed E-state index contributed by atoms with van der Waals surface area (Å²) in [5.41, 5.74) is 0. The van der Waals surface area contributed by atoms with Crippen LogP contribution >= 0.6 is 0 Å². The topological polar surface area (TPSA) is 60.9 Å². The smallest absolute Gasteiger partial charge is 0.303 e. The molecule has 1 aliphatic heterocycles. The number of carbonyl (C=O) groups excluding carboxylic acids is 1. The summed E-state index contributed by atoms with van der Waals surface area (Å²) in [5, 5.41) is 12.2. The second kappa shape index (κ2) is 10.2. The second-order valence-corrected chi connectivity index (χ2v) is 4.29. The van der Waals surface area contributed by atoms with E-state index in [-0.39, 0.29) is 33.4 Å². The van der Waals surface area contributed by atoms with E-state index in [2.05, 4.69) is 6.92 Å². The van der Waals surface area contributed by atoms with Crippen molar-refractivity contribution in [3.05, 3.63) is 19.1 Å². The molecule has 1 saturated heterocycles. The number of hydrogen-bond acceptors (Lipinski definition) is 3. The summed E-state index contributed by atoms with van der Waals surface area (Å²) in [5.74, 6) is -0.627. The molecule has 19 heavy (non-hydrogen) atoms. The first-order chi connectivity index (χ1) is 8.65. The fraction of sp³-hybridized carbons (Fsp3) is 0.615. The van der Waals surface area contributed by atoms with E-state index in [1.54, 1.807) is 5.01 Å². The monoisotopic (exact) mass is 437 g/mol. The molecule has 108 valence electrons. The Hall–Kier alpha value is -0.672. The molecule has 1 amide bonds. The minimum Gasteiger partial charge on any atom is -0.481 e. The van der Waals surface area contributed by atoms with Crippen molar-refractivity contribution in [3.8, 4) is 0 Å². The van der Waals surface area contributed by atoms with E-state index < -0.39 is 5.97 Å². The van der Waals surface area contributed by atoms with Crippen LogP contribution in [0.3, 0.4) is 0 Å². The molecule has 0 aromatic rings. The molecular weight excluding hydrogens is 416 g/mol. The maximum atomic E-state index is 11.7. The van der Waals surface area contributed by atoms with Gasteiger partial charge < -0.3 is 12.0 Å². The predicted molar refractivity (Wildman–Crippen MR) is 68.5 cm³/mol. The Bertz CT molecular complexity index is 321. The molecule has 0 spiro atoms. The first kappa shape index (κ1) is 18.3. The number of rotatable bonds is 7. The average molecular weight is 437 g/mol. The first-order valence-corrected chi connectivity index (χ1v) is 6.36. The van der Waals surface area contributed by atoms with Gasteiger partial charge in [-0.25, -0.2) is 5.01 Å². The van der Waals surface area contributed by atoms with Crippen LogP contribution in [0, 0.1) is 6.92 Å². The third-order valence-electron chi connectivity index (χ3n) is 2.90. The molecule has 0 unspecified atom stereocenters. The molecular formula is C13H21N2O3W-. The number of unbranched alkanes of at least 4 members (excludes halogenated alkanes) is 1. The third kappa shape index (κ3) is 6.88. The van der Waals surface area contributed by atoms with Crippen LogP contribution in [0.25, 0.3) is 0 Å². The Labute approximate surface area is 128 Å². The van der Waals surface area contributed by atoms with Crippen molar-refractivity contribution in [2.24, 2.45) is 0 Å². The Morgan fingerprint density at radius 1 is 1.42 bits per heavy atom. The summed E-state index contributed by atoms with van der Waals surface area (Å²) in [7, 11) is 0. The summed E-state index contributed by atoms with van der Waals surface area (Å²) in [4.78, 5) is 22.0. The van der Waals surface area contributed by atoms with Gasteiger partial charge in [-0.1, -0.05) is 12.2 Å². The van der Waals surface area contributed by atoms with Gasteiger partial charge >= 0.3 is 5.97 Å². The maximum absolute atomic E-state index is 11.7. The summed E-state index contributed by atoms with van der Waals surface area (Å²) in [6, 6.07) is 0. The van der Waals surface area contributed by atoms with Gasteiger partial charge in [-0.3, -0.25) is 14.6 Å². The van der Waals surface area contributed by atoms with Crippen LogP contribution in [0.2, 0.25) is 0 Å². The van der Waals surface area contributed by atoms with Crippen LogP contribution in [0.15, 0.2) is 12.2 Å². The van der Waals surface area contributed by atoms with E-state index in [0.717, 1.165) is 19.4 Å². The van der Waals surface area contributed by atoms with Crippen molar-refractivity contribution in [1.82, 2.24) is 10.0 Å². The molecule has 0 aromatic heterocycles. The normalized spacial score (nSPS) is 16.7. The van der Waals surface area contributed by atoms with Crippen molar-refractivity contribution >= 4 is 11.9 Å².